The van der Waals surface area contributed by atoms with Crippen molar-refractivity contribution in [2.24, 2.45) is 0 Å². The highest BCUT2D eigenvalue weighted by atomic mass is 16.3. The monoisotopic (exact) mass is 632 g/mol. The van der Waals surface area contributed by atoms with Crippen LogP contribution in [0, 0.1) is 0 Å². The van der Waals surface area contributed by atoms with Crippen LogP contribution < -0.4 is 0 Å². The third kappa shape index (κ3) is 4.36. The molecule has 0 aliphatic carbocycles. The third-order valence-electron chi connectivity index (χ3n) is 9.92. The molecule has 49 heavy (non-hydrogen) atoms. The Kier molecular flexibility index (Phi) is 6.87. The summed E-state index contributed by atoms with van der Waals surface area (Å²) in [6.45, 7) is 6.25. The second-order valence-corrected chi connectivity index (χ2v) is 12.4. The Labute approximate surface area is 285 Å². The number of fused-ring (bicyclic) bond motifs is 9. The molecule has 0 bridgehead atoms. The fraction of sp³-hybridized carbons (Fsp3) is 0.0870. The van der Waals surface area contributed by atoms with E-state index < -0.39 is 0 Å². The highest BCUT2D eigenvalue weighted by Gasteiger charge is 2.19. The Hall–Kier alpha value is -6.06. The minimum absolute atomic E-state index is 0.910. The minimum atomic E-state index is 0.910. The maximum absolute atomic E-state index is 6.51. The molecule has 0 N–H and O–H groups in total. The molecule has 0 aliphatic rings. The molecular weight excluding hydrogens is 597 g/mol. The van der Waals surface area contributed by atoms with E-state index in [1.165, 1.54) is 66.0 Å². The molecule has 10 aromatic rings. The summed E-state index contributed by atoms with van der Waals surface area (Å²) in [6.07, 6.45) is 0.955. The molecule has 0 amide bonds. The van der Waals surface area contributed by atoms with Crippen molar-refractivity contribution in [2.75, 3.05) is 0 Å². The van der Waals surface area contributed by atoms with Gasteiger partial charge in [0, 0.05) is 38.0 Å². The lowest BCUT2D eigenvalue weighted by atomic mass is 9.96. The molecule has 3 heteroatoms. The van der Waals surface area contributed by atoms with Gasteiger partial charge in [-0.25, -0.2) is 0 Å². The lowest BCUT2D eigenvalue weighted by Crippen LogP contribution is -1.97. The van der Waals surface area contributed by atoms with E-state index in [1.54, 1.807) is 0 Å². The number of rotatable bonds is 4. The summed E-state index contributed by atoms with van der Waals surface area (Å²) in [5, 5.41) is 7.29. The summed E-state index contributed by atoms with van der Waals surface area (Å²) in [6, 6.07) is 54.9. The molecule has 0 atom stereocenters. The molecule has 0 spiro atoms. The van der Waals surface area contributed by atoms with Gasteiger partial charge >= 0.3 is 0 Å². The van der Waals surface area contributed by atoms with Crippen molar-refractivity contribution >= 4 is 65.6 Å². The van der Waals surface area contributed by atoms with Crippen molar-refractivity contribution in [3.05, 3.63) is 157 Å². The van der Waals surface area contributed by atoms with Gasteiger partial charge in [0.15, 0.2) is 5.58 Å². The van der Waals surface area contributed by atoms with Gasteiger partial charge in [0.2, 0.25) is 0 Å². The summed E-state index contributed by atoms with van der Waals surface area (Å²) in [5.41, 5.74) is 12.7. The Morgan fingerprint density at radius 1 is 0.469 bits per heavy atom. The van der Waals surface area contributed by atoms with Gasteiger partial charge in [-0.15, -0.1) is 0 Å². The molecule has 7 aromatic carbocycles. The maximum Gasteiger partial charge on any atom is 0.159 e. The zero-order valence-corrected chi connectivity index (χ0v) is 27.9. The first-order valence-electron chi connectivity index (χ1n) is 17.3. The summed E-state index contributed by atoms with van der Waals surface area (Å²) in [4.78, 5) is 0. The molecule has 0 aliphatic heterocycles. The van der Waals surface area contributed by atoms with Gasteiger partial charge < -0.3 is 13.6 Å². The summed E-state index contributed by atoms with van der Waals surface area (Å²) in [7, 11) is 0. The van der Waals surface area contributed by atoms with Crippen molar-refractivity contribution in [2.45, 2.75) is 27.2 Å². The largest absolute Gasteiger partial charge is 0.454 e. The predicted molar refractivity (Wildman–Crippen MR) is 209 cm³/mol. The van der Waals surface area contributed by atoms with Crippen LogP contribution in [-0.2, 0) is 6.42 Å². The zero-order valence-electron chi connectivity index (χ0n) is 27.9. The predicted octanol–water partition coefficient (Wildman–Crippen LogP) is 13.0. The summed E-state index contributed by atoms with van der Waals surface area (Å²) in [5.74, 6) is 0. The first kappa shape index (κ1) is 29.1. The van der Waals surface area contributed by atoms with Crippen molar-refractivity contribution < 1.29 is 4.42 Å². The van der Waals surface area contributed by atoms with Crippen LogP contribution in [-0.4, -0.2) is 9.13 Å². The van der Waals surface area contributed by atoms with Gasteiger partial charge in [0.05, 0.1) is 27.8 Å². The second kappa shape index (κ2) is 11.6. The highest BCUT2D eigenvalue weighted by Crippen LogP contribution is 2.40. The average Bonchev–Trinajstić information content (AvgIpc) is 3.83. The number of nitrogens with zero attached hydrogens (tertiary/aromatic N) is 2. The number of para-hydroxylation sites is 5. The van der Waals surface area contributed by atoms with E-state index in [0.717, 1.165) is 34.0 Å². The lowest BCUT2D eigenvalue weighted by Gasteiger charge is -2.14. The highest BCUT2D eigenvalue weighted by molar-refractivity contribution is 6.14. The van der Waals surface area contributed by atoms with Crippen LogP contribution >= 0.6 is 0 Å². The first-order chi connectivity index (χ1) is 24.3. The van der Waals surface area contributed by atoms with Gasteiger partial charge in [-0.3, -0.25) is 0 Å². The van der Waals surface area contributed by atoms with Crippen molar-refractivity contribution in [1.29, 1.82) is 0 Å². The van der Waals surface area contributed by atoms with Gasteiger partial charge in [0.25, 0.3) is 0 Å². The van der Waals surface area contributed by atoms with E-state index in [-0.39, 0.29) is 0 Å². The fourth-order valence-corrected chi connectivity index (χ4v) is 7.79. The molecule has 0 unspecified atom stereocenters. The van der Waals surface area contributed by atoms with Crippen LogP contribution in [0.25, 0.3) is 88.1 Å². The molecule has 236 valence electrons. The van der Waals surface area contributed by atoms with Crippen LogP contribution in [0.2, 0.25) is 0 Å². The Balaban J connectivity index is 0.00000160. The number of benzene rings is 7. The topological polar surface area (TPSA) is 23.0 Å². The number of furan rings is 1. The SMILES string of the molecule is CC.CCc1ccc(-n2c3ccccc3c3ccccc32)cc1-c1ccc2c(c1)c1ccccc1n2-c1cccc2c1oc1ccccc12. The molecule has 0 saturated carbocycles. The van der Waals surface area contributed by atoms with Gasteiger partial charge in [-0.05, 0) is 77.7 Å². The molecule has 3 aromatic heterocycles. The molecule has 3 heterocycles. The fourth-order valence-electron chi connectivity index (χ4n) is 7.79. The van der Waals surface area contributed by atoms with Crippen LogP contribution in [0.5, 0.6) is 0 Å². The normalized spacial score (nSPS) is 11.7. The van der Waals surface area contributed by atoms with Gasteiger partial charge in [0.1, 0.15) is 5.58 Å². The average molecular weight is 633 g/mol. The molecule has 0 fully saturated rings. The van der Waals surface area contributed by atoms with Crippen LogP contribution in [0.15, 0.2) is 156 Å². The van der Waals surface area contributed by atoms with E-state index in [2.05, 4.69) is 162 Å². The third-order valence-corrected chi connectivity index (χ3v) is 9.92. The second-order valence-electron chi connectivity index (χ2n) is 12.4. The Morgan fingerprint density at radius 2 is 1.04 bits per heavy atom. The molecule has 10 rings (SSSR count). The number of aryl methyl sites for hydroxylation is 1. The number of aromatic nitrogens is 2. The van der Waals surface area contributed by atoms with E-state index in [4.69, 9.17) is 4.42 Å². The maximum atomic E-state index is 6.51. The smallest absolute Gasteiger partial charge is 0.159 e. The summed E-state index contributed by atoms with van der Waals surface area (Å²) < 4.78 is 11.3. The van der Waals surface area contributed by atoms with E-state index >= 15 is 0 Å². The lowest BCUT2D eigenvalue weighted by molar-refractivity contribution is 0.666. The Bertz CT molecular complexity index is 2790. The van der Waals surface area contributed by atoms with Gasteiger partial charge in [-0.2, -0.15) is 0 Å². The van der Waals surface area contributed by atoms with Crippen molar-refractivity contribution in [3.63, 3.8) is 0 Å². The standard InChI is InChI=1S/C44H30N2O.C2H6/c1-2-28-22-24-30(45-38-17-7-3-12-31(38)32-13-4-8-18-39(32)45)27-36(28)29-23-25-41-37(26-29)33-14-5-9-19-40(33)46(41)42-20-11-16-35-34-15-6-10-21-43(34)47-44(35)42;1-2/h3-27H,2H2,1H3;1-2H3. The van der Waals surface area contributed by atoms with E-state index in [1.807, 2.05) is 19.9 Å². The Morgan fingerprint density at radius 3 is 1.73 bits per heavy atom. The molecule has 0 saturated heterocycles. The zero-order chi connectivity index (χ0) is 33.1. The van der Waals surface area contributed by atoms with Crippen molar-refractivity contribution in [1.82, 2.24) is 9.13 Å². The molecule has 3 nitrogen and oxygen atoms in total. The minimum Gasteiger partial charge on any atom is -0.454 e. The first-order valence-corrected chi connectivity index (χ1v) is 17.3. The number of hydrogen-bond donors (Lipinski definition) is 0. The quantitative estimate of drug-likeness (QED) is 0.189. The summed E-state index contributed by atoms with van der Waals surface area (Å²) >= 11 is 0. The van der Waals surface area contributed by atoms with Crippen LogP contribution in [0.1, 0.15) is 26.3 Å². The van der Waals surface area contributed by atoms with Crippen LogP contribution in [0.3, 0.4) is 0 Å². The van der Waals surface area contributed by atoms with Gasteiger partial charge in [-0.1, -0.05) is 118 Å². The van der Waals surface area contributed by atoms with E-state index in [0.29, 0.717) is 0 Å². The van der Waals surface area contributed by atoms with Crippen LogP contribution in [0.4, 0.5) is 0 Å². The van der Waals surface area contributed by atoms with E-state index in [9.17, 15) is 0 Å². The molecule has 0 radical (unpaired) electrons. The molecular formula is C46H36N2O. The van der Waals surface area contributed by atoms with Crippen molar-refractivity contribution in [3.8, 4) is 22.5 Å². The number of hydrogen-bond acceptors (Lipinski definition) is 1.